The van der Waals surface area contributed by atoms with Crippen LogP contribution in [0.4, 0.5) is 0 Å². The van der Waals surface area contributed by atoms with Gasteiger partial charge in [0.1, 0.15) is 12.1 Å². The molecule has 0 atom stereocenters. The first kappa shape index (κ1) is 16.8. The van der Waals surface area contributed by atoms with Gasteiger partial charge in [0.15, 0.2) is 11.4 Å². The molecule has 5 heteroatoms. The first-order chi connectivity index (χ1) is 9.87. The predicted octanol–water partition coefficient (Wildman–Crippen LogP) is 3.65. The first-order valence-corrected chi connectivity index (χ1v) is 6.82. The highest BCUT2D eigenvalue weighted by Gasteiger charge is 2.12. The molecule has 0 aromatic heterocycles. The van der Waals surface area contributed by atoms with Crippen molar-refractivity contribution in [3.63, 3.8) is 0 Å². The summed E-state index contributed by atoms with van der Waals surface area (Å²) < 4.78 is 0. The molecule has 4 nitrogen and oxygen atoms in total. The summed E-state index contributed by atoms with van der Waals surface area (Å²) in [5.41, 5.74) is 0.896. The Morgan fingerprint density at radius 3 is 2.48 bits per heavy atom. The van der Waals surface area contributed by atoms with Gasteiger partial charge in [-0.15, -0.1) is 0 Å². The fraction of sp³-hybridized carbons (Fsp3) is 0.312. The standard InChI is InChI=1S/C16H17ClN4/c1-16(2,3)11-21-15(9-19)14(8-18)20-10-12-6-4-5-7-13(12)17/h4-7,10,21H,11H2,1-3H3/b15-14+,20-10?. The summed E-state index contributed by atoms with van der Waals surface area (Å²) in [5, 5.41) is 21.8. The minimum Gasteiger partial charge on any atom is -0.374 e. The van der Waals surface area contributed by atoms with Crippen molar-refractivity contribution in [2.75, 3.05) is 6.54 Å². The maximum atomic E-state index is 9.16. The highest BCUT2D eigenvalue weighted by molar-refractivity contribution is 6.33. The van der Waals surface area contributed by atoms with Gasteiger partial charge in [0.25, 0.3) is 0 Å². The highest BCUT2D eigenvalue weighted by Crippen LogP contribution is 2.14. The molecule has 1 N–H and O–H groups in total. The van der Waals surface area contributed by atoms with E-state index in [9.17, 15) is 0 Å². The van der Waals surface area contributed by atoms with Crippen molar-refractivity contribution < 1.29 is 0 Å². The van der Waals surface area contributed by atoms with Gasteiger partial charge >= 0.3 is 0 Å². The largest absolute Gasteiger partial charge is 0.374 e. The molecule has 0 saturated heterocycles. The average Bonchev–Trinajstić information content (AvgIpc) is 2.43. The molecule has 1 aromatic rings. The van der Waals surface area contributed by atoms with Crippen molar-refractivity contribution in [1.82, 2.24) is 5.32 Å². The molecule has 0 spiro atoms. The smallest absolute Gasteiger partial charge is 0.174 e. The van der Waals surface area contributed by atoms with Gasteiger partial charge in [-0.1, -0.05) is 50.6 Å². The lowest BCUT2D eigenvalue weighted by Gasteiger charge is -2.18. The molecule has 21 heavy (non-hydrogen) atoms. The van der Waals surface area contributed by atoms with Gasteiger partial charge in [-0.25, -0.2) is 4.99 Å². The monoisotopic (exact) mass is 300 g/mol. The number of rotatable bonds is 4. The van der Waals surface area contributed by atoms with Crippen LogP contribution >= 0.6 is 11.6 Å². The quantitative estimate of drug-likeness (QED) is 0.681. The van der Waals surface area contributed by atoms with Crippen LogP contribution in [0, 0.1) is 28.1 Å². The summed E-state index contributed by atoms with van der Waals surface area (Å²) in [5.74, 6) is 0. The van der Waals surface area contributed by atoms with Crippen LogP contribution in [0.2, 0.25) is 5.02 Å². The first-order valence-electron chi connectivity index (χ1n) is 6.44. The lowest BCUT2D eigenvalue weighted by molar-refractivity contribution is 0.399. The molecule has 0 saturated carbocycles. The predicted molar refractivity (Wildman–Crippen MR) is 84.8 cm³/mol. The van der Waals surface area contributed by atoms with Crippen LogP contribution < -0.4 is 5.32 Å². The zero-order valence-electron chi connectivity index (χ0n) is 12.3. The maximum Gasteiger partial charge on any atom is 0.174 e. The van der Waals surface area contributed by atoms with E-state index < -0.39 is 0 Å². The van der Waals surface area contributed by atoms with E-state index in [1.165, 1.54) is 6.21 Å². The van der Waals surface area contributed by atoms with Crippen LogP contribution in [0.15, 0.2) is 40.7 Å². The van der Waals surface area contributed by atoms with Crippen LogP contribution in [0.25, 0.3) is 0 Å². The minimum absolute atomic E-state index is 0.00484. The topological polar surface area (TPSA) is 72.0 Å². The Morgan fingerprint density at radius 1 is 1.29 bits per heavy atom. The third kappa shape index (κ3) is 5.69. The van der Waals surface area contributed by atoms with Gasteiger partial charge < -0.3 is 5.32 Å². The van der Waals surface area contributed by atoms with E-state index in [4.69, 9.17) is 22.1 Å². The van der Waals surface area contributed by atoms with Crippen LogP contribution in [-0.2, 0) is 0 Å². The van der Waals surface area contributed by atoms with E-state index in [0.29, 0.717) is 17.1 Å². The zero-order valence-corrected chi connectivity index (χ0v) is 13.1. The van der Waals surface area contributed by atoms with Crippen molar-refractivity contribution in [3.05, 3.63) is 46.2 Å². The summed E-state index contributed by atoms with van der Waals surface area (Å²) in [6, 6.07) is 11.1. The van der Waals surface area contributed by atoms with Gasteiger partial charge in [0.05, 0.1) is 0 Å². The third-order valence-electron chi connectivity index (χ3n) is 2.49. The van der Waals surface area contributed by atoms with Gasteiger partial charge in [-0.2, -0.15) is 10.5 Å². The molecule has 1 aromatic carbocycles. The van der Waals surface area contributed by atoms with Gasteiger partial charge in [0.2, 0.25) is 0 Å². The molecule has 0 aliphatic carbocycles. The number of hydrogen-bond acceptors (Lipinski definition) is 4. The molecule has 108 valence electrons. The van der Waals surface area contributed by atoms with E-state index in [0.717, 1.165) is 0 Å². The van der Waals surface area contributed by atoms with Gasteiger partial charge in [-0.05, 0) is 11.5 Å². The van der Waals surface area contributed by atoms with E-state index in [2.05, 4.69) is 10.3 Å². The number of nitrogens with zero attached hydrogens (tertiary/aromatic N) is 3. The molecule has 0 aliphatic rings. The Hall–Kier alpha value is -2.30. The van der Waals surface area contributed by atoms with Crippen molar-refractivity contribution in [2.24, 2.45) is 10.4 Å². The average molecular weight is 301 g/mol. The van der Waals surface area contributed by atoms with Crippen LogP contribution in [0.1, 0.15) is 26.3 Å². The van der Waals surface area contributed by atoms with Gasteiger partial charge in [0, 0.05) is 23.3 Å². The molecule has 0 amide bonds. The number of nitriles is 2. The van der Waals surface area contributed by atoms with Crippen LogP contribution in [0.5, 0.6) is 0 Å². The number of allylic oxidation sites excluding steroid dienone is 2. The lowest BCUT2D eigenvalue weighted by atomic mass is 9.97. The van der Waals surface area contributed by atoms with Crippen molar-refractivity contribution in [1.29, 1.82) is 10.5 Å². The Morgan fingerprint density at radius 2 is 1.95 bits per heavy atom. The second kappa shape index (κ2) is 7.47. The SMILES string of the molecule is CC(C)(C)CN/C(C#N)=C(\C#N)N=Cc1ccccc1Cl. The van der Waals surface area contributed by atoms with Crippen molar-refractivity contribution in [3.8, 4) is 12.1 Å². The lowest BCUT2D eigenvalue weighted by Crippen LogP contribution is -2.26. The van der Waals surface area contributed by atoms with Gasteiger partial charge in [-0.3, -0.25) is 0 Å². The maximum absolute atomic E-state index is 9.16. The second-order valence-electron chi connectivity index (χ2n) is 5.64. The Labute approximate surface area is 130 Å². The minimum atomic E-state index is -0.00484. The van der Waals surface area contributed by atoms with E-state index in [-0.39, 0.29) is 16.8 Å². The number of benzene rings is 1. The Balaban J connectivity index is 3.00. The van der Waals surface area contributed by atoms with Crippen molar-refractivity contribution >= 4 is 17.8 Å². The highest BCUT2D eigenvalue weighted by atomic mass is 35.5. The summed E-state index contributed by atoms with van der Waals surface area (Å²) in [7, 11) is 0. The molecule has 0 fully saturated rings. The summed E-state index contributed by atoms with van der Waals surface area (Å²) in [6.07, 6.45) is 1.48. The second-order valence-corrected chi connectivity index (χ2v) is 6.05. The third-order valence-corrected chi connectivity index (χ3v) is 2.83. The van der Waals surface area contributed by atoms with Crippen LogP contribution in [-0.4, -0.2) is 12.8 Å². The van der Waals surface area contributed by atoms with Crippen LogP contribution in [0.3, 0.4) is 0 Å². The molecular weight excluding hydrogens is 284 g/mol. The number of nitrogens with one attached hydrogen (secondary N) is 1. The number of aliphatic imine (C=N–C) groups is 1. The van der Waals surface area contributed by atoms with Crippen molar-refractivity contribution in [2.45, 2.75) is 20.8 Å². The summed E-state index contributed by atoms with van der Waals surface area (Å²) in [6.45, 7) is 6.68. The normalized spacial score (nSPS) is 12.5. The van der Waals surface area contributed by atoms with E-state index in [1.54, 1.807) is 12.1 Å². The fourth-order valence-electron chi connectivity index (χ4n) is 1.39. The van der Waals surface area contributed by atoms with E-state index in [1.807, 2.05) is 45.0 Å². The molecule has 1 rings (SSSR count). The molecule has 0 heterocycles. The number of hydrogen-bond donors (Lipinski definition) is 1. The Kier molecular flexibility index (Phi) is 5.96. The molecule has 0 radical (unpaired) electrons. The molecule has 0 bridgehead atoms. The number of halogens is 1. The fourth-order valence-corrected chi connectivity index (χ4v) is 1.58. The molecule has 0 unspecified atom stereocenters. The summed E-state index contributed by atoms with van der Waals surface area (Å²) in [4.78, 5) is 4.07. The van der Waals surface area contributed by atoms with E-state index >= 15 is 0 Å². The Bertz CT molecular complexity index is 639. The summed E-state index contributed by atoms with van der Waals surface area (Å²) >= 11 is 6.01. The molecule has 0 aliphatic heterocycles. The molecular formula is C16H17ClN4. The zero-order chi connectivity index (χ0) is 15.9.